The largest absolute Gasteiger partial charge is 0.326 e. The van der Waals surface area contributed by atoms with Crippen molar-refractivity contribution in [3.05, 3.63) is 28.2 Å². The molecule has 0 unspecified atom stereocenters. The molecule has 1 amide bonds. The van der Waals surface area contributed by atoms with Gasteiger partial charge in [0.1, 0.15) is 0 Å². The van der Waals surface area contributed by atoms with Crippen molar-refractivity contribution in [2.75, 3.05) is 17.3 Å². The van der Waals surface area contributed by atoms with E-state index in [0.717, 1.165) is 21.5 Å². The van der Waals surface area contributed by atoms with E-state index in [1.807, 2.05) is 31.4 Å². The summed E-state index contributed by atoms with van der Waals surface area (Å²) in [6, 6.07) is 5.83. The molecule has 0 radical (unpaired) electrons. The number of benzene rings is 1. The predicted octanol–water partition coefficient (Wildman–Crippen LogP) is 3.45. The van der Waals surface area contributed by atoms with Gasteiger partial charge in [0.15, 0.2) is 0 Å². The van der Waals surface area contributed by atoms with Gasteiger partial charge in [0.25, 0.3) is 0 Å². The average Bonchev–Trinajstić information content (AvgIpc) is 2.19. The van der Waals surface area contributed by atoms with E-state index in [4.69, 9.17) is 0 Å². The molecule has 0 spiro atoms. The second-order valence-corrected chi connectivity index (χ2v) is 5.15. The smallest absolute Gasteiger partial charge is 0.225 e. The van der Waals surface area contributed by atoms with Crippen molar-refractivity contribution in [3.63, 3.8) is 0 Å². The fraction of sp³-hybridized carbons (Fsp3) is 0.364. The topological polar surface area (TPSA) is 29.1 Å². The molecule has 1 aromatic carbocycles. The van der Waals surface area contributed by atoms with Crippen molar-refractivity contribution in [1.29, 1.82) is 0 Å². The predicted molar refractivity (Wildman–Crippen MR) is 70.5 cm³/mol. The van der Waals surface area contributed by atoms with Crippen LogP contribution < -0.4 is 5.32 Å². The van der Waals surface area contributed by atoms with Crippen molar-refractivity contribution >= 4 is 39.3 Å². The van der Waals surface area contributed by atoms with Crippen LogP contribution in [0.15, 0.2) is 22.7 Å². The van der Waals surface area contributed by atoms with Crippen LogP contribution in [0.1, 0.15) is 12.0 Å². The number of carbonyl (C=O) groups excluding carboxylic acids is 1. The fourth-order valence-electron chi connectivity index (χ4n) is 1.17. The molecule has 0 aromatic heterocycles. The maximum Gasteiger partial charge on any atom is 0.225 e. The summed E-state index contributed by atoms with van der Waals surface area (Å²) < 4.78 is 1.03. The second-order valence-electron chi connectivity index (χ2n) is 3.25. The summed E-state index contributed by atoms with van der Waals surface area (Å²) in [4.78, 5) is 11.5. The van der Waals surface area contributed by atoms with Gasteiger partial charge in [0.2, 0.25) is 5.91 Å². The summed E-state index contributed by atoms with van der Waals surface area (Å²) in [7, 11) is 0. The molecule has 82 valence electrons. The van der Waals surface area contributed by atoms with Gasteiger partial charge in [0, 0.05) is 22.3 Å². The Morgan fingerprint density at radius 3 is 2.87 bits per heavy atom. The number of hydrogen-bond acceptors (Lipinski definition) is 2. The zero-order chi connectivity index (χ0) is 11.3. The van der Waals surface area contributed by atoms with Gasteiger partial charge in [-0.05, 0) is 36.9 Å². The number of anilines is 1. The molecule has 0 aliphatic heterocycles. The van der Waals surface area contributed by atoms with E-state index in [-0.39, 0.29) is 5.91 Å². The van der Waals surface area contributed by atoms with Crippen LogP contribution in [-0.4, -0.2) is 17.9 Å². The van der Waals surface area contributed by atoms with Gasteiger partial charge in [-0.15, -0.1) is 0 Å². The van der Waals surface area contributed by atoms with Crippen LogP contribution in [0.3, 0.4) is 0 Å². The van der Waals surface area contributed by atoms with Gasteiger partial charge in [-0.3, -0.25) is 4.79 Å². The third-order valence-corrected chi connectivity index (χ3v) is 3.10. The van der Waals surface area contributed by atoms with Gasteiger partial charge in [-0.25, -0.2) is 0 Å². The minimum absolute atomic E-state index is 0.0785. The van der Waals surface area contributed by atoms with Crippen LogP contribution in [0.5, 0.6) is 0 Å². The lowest BCUT2D eigenvalue weighted by atomic mass is 10.2. The van der Waals surface area contributed by atoms with Gasteiger partial charge in [-0.1, -0.05) is 15.9 Å². The zero-order valence-corrected chi connectivity index (χ0v) is 11.2. The van der Waals surface area contributed by atoms with Crippen LogP contribution >= 0.6 is 27.7 Å². The Hall–Kier alpha value is -0.480. The molecular weight excluding hydrogens is 274 g/mol. The number of thioether (sulfide) groups is 1. The quantitative estimate of drug-likeness (QED) is 0.919. The molecule has 0 saturated carbocycles. The van der Waals surface area contributed by atoms with E-state index in [2.05, 4.69) is 21.2 Å². The van der Waals surface area contributed by atoms with Gasteiger partial charge in [0.05, 0.1) is 0 Å². The summed E-state index contributed by atoms with van der Waals surface area (Å²) in [5.74, 6) is 0.941. The van der Waals surface area contributed by atoms with Gasteiger partial charge in [-0.2, -0.15) is 11.8 Å². The van der Waals surface area contributed by atoms with Crippen molar-refractivity contribution in [3.8, 4) is 0 Å². The monoisotopic (exact) mass is 287 g/mol. The Labute approximate surface area is 103 Å². The van der Waals surface area contributed by atoms with Crippen LogP contribution in [0.25, 0.3) is 0 Å². The standard InChI is InChI=1S/C11H14BrNOS/c1-8-7-9(12)3-4-10(8)13-11(14)5-6-15-2/h3-4,7H,5-6H2,1-2H3,(H,13,14). The van der Waals surface area contributed by atoms with Crippen LogP contribution in [0, 0.1) is 6.92 Å². The Morgan fingerprint density at radius 1 is 1.53 bits per heavy atom. The summed E-state index contributed by atoms with van der Waals surface area (Å²) in [6.07, 6.45) is 2.56. The van der Waals surface area contributed by atoms with E-state index in [1.165, 1.54) is 0 Å². The first-order chi connectivity index (χ1) is 7.13. The maximum absolute atomic E-state index is 11.5. The average molecular weight is 288 g/mol. The molecule has 1 rings (SSSR count). The van der Waals surface area contributed by atoms with E-state index < -0.39 is 0 Å². The third-order valence-electron chi connectivity index (χ3n) is 2.00. The Kier molecular flexibility index (Phi) is 5.19. The molecule has 0 saturated heterocycles. The molecule has 0 heterocycles. The first-order valence-corrected chi connectivity index (χ1v) is 6.87. The number of hydrogen-bond donors (Lipinski definition) is 1. The molecule has 15 heavy (non-hydrogen) atoms. The summed E-state index contributed by atoms with van der Waals surface area (Å²) in [6.45, 7) is 1.98. The lowest BCUT2D eigenvalue weighted by Gasteiger charge is -2.08. The normalized spacial score (nSPS) is 10.1. The molecule has 4 heteroatoms. The molecular formula is C11H14BrNOS. The highest BCUT2D eigenvalue weighted by atomic mass is 79.9. The lowest BCUT2D eigenvalue weighted by molar-refractivity contribution is -0.115. The molecule has 0 aliphatic rings. The minimum atomic E-state index is 0.0785. The fourth-order valence-corrected chi connectivity index (χ4v) is 2.04. The number of amides is 1. The van der Waals surface area contributed by atoms with Crippen molar-refractivity contribution < 1.29 is 4.79 Å². The third kappa shape index (κ3) is 4.26. The minimum Gasteiger partial charge on any atom is -0.326 e. The lowest BCUT2D eigenvalue weighted by Crippen LogP contribution is -2.12. The highest BCUT2D eigenvalue weighted by Gasteiger charge is 2.04. The summed E-state index contributed by atoms with van der Waals surface area (Å²) in [5, 5.41) is 2.90. The van der Waals surface area contributed by atoms with Gasteiger partial charge < -0.3 is 5.32 Å². The molecule has 0 aliphatic carbocycles. The maximum atomic E-state index is 11.5. The summed E-state index contributed by atoms with van der Waals surface area (Å²) in [5.41, 5.74) is 1.96. The zero-order valence-electron chi connectivity index (χ0n) is 8.84. The van der Waals surface area contributed by atoms with E-state index >= 15 is 0 Å². The number of nitrogens with one attached hydrogen (secondary N) is 1. The second kappa shape index (κ2) is 6.18. The van der Waals surface area contributed by atoms with Crippen molar-refractivity contribution in [2.24, 2.45) is 0 Å². The van der Waals surface area contributed by atoms with Crippen molar-refractivity contribution in [1.82, 2.24) is 0 Å². The summed E-state index contributed by atoms with van der Waals surface area (Å²) >= 11 is 5.07. The number of aryl methyl sites for hydroxylation is 1. The highest BCUT2D eigenvalue weighted by Crippen LogP contribution is 2.20. The number of halogens is 1. The van der Waals surface area contributed by atoms with E-state index in [9.17, 15) is 4.79 Å². The van der Waals surface area contributed by atoms with Gasteiger partial charge >= 0.3 is 0 Å². The Bertz CT molecular complexity index is 354. The molecule has 2 nitrogen and oxygen atoms in total. The van der Waals surface area contributed by atoms with Crippen LogP contribution in [0.4, 0.5) is 5.69 Å². The van der Waals surface area contributed by atoms with E-state index in [0.29, 0.717) is 6.42 Å². The molecule has 1 aromatic rings. The highest BCUT2D eigenvalue weighted by molar-refractivity contribution is 9.10. The number of carbonyl (C=O) groups is 1. The SMILES string of the molecule is CSCCC(=O)Nc1ccc(Br)cc1C. The first-order valence-electron chi connectivity index (χ1n) is 4.68. The molecule has 0 bridgehead atoms. The van der Waals surface area contributed by atoms with Crippen LogP contribution in [-0.2, 0) is 4.79 Å². The Morgan fingerprint density at radius 2 is 2.27 bits per heavy atom. The Balaban J connectivity index is 2.60. The molecule has 0 fully saturated rings. The van der Waals surface area contributed by atoms with Crippen molar-refractivity contribution in [2.45, 2.75) is 13.3 Å². The molecule has 0 atom stereocenters. The molecule has 1 N–H and O–H groups in total. The number of rotatable bonds is 4. The van der Waals surface area contributed by atoms with Crippen LogP contribution in [0.2, 0.25) is 0 Å². The van der Waals surface area contributed by atoms with E-state index in [1.54, 1.807) is 11.8 Å². The first kappa shape index (κ1) is 12.6.